The smallest absolute Gasteiger partial charge is 0.238 e. The molecule has 1 aliphatic carbocycles. The van der Waals surface area contributed by atoms with Crippen molar-refractivity contribution in [3.8, 4) is 6.07 Å². The fourth-order valence-electron chi connectivity index (χ4n) is 3.41. The quantitative estimate of drug-likeness (QED) is 0.743. The number of hydrogen-bond acceptors (Lipinski definition) is 7. The van der Waals surface area contributed by atoms with Gasteiger partial charge in [-0.05, 0) is 31.6 Å². The van der Waals surface area contributed by atoms with E-state index < -0.39 is 16.1 Å². The van der Waals surface area contributed by atoms with E-state index >= 15 is 0 Å². The number of aromatic nitrogens is 3. The van der Waals surface area contributed by atoms with Gasteiger partial charge in [0.2, 0.25) is 16.0 Å². The van der Waals surface area contributed by atoms with Crippen LogP contribution in [0.3, 0.4) is 0 Å². The lowest BCUT2D eigenvalue weighted by Gasteiger charge is -2.29. The summed E-state index contributed by atoms with van der Waals surface area (Å²) < 4.78 is 26.5. The largest absolute Gasteiger partial charge is 0.392 e. The molecule has 29 heavy (non-hydrogen) atoms. The first kappa shape index (κ1) is 21.8. The van der Waals surface area contributed by atoms with Crippen molar-refractivity contribution in [2.75, 3.05) is 18.8 Å². The highest BCUT2D eigenvalue weighted by Crippen LogP contribution is 2.32. The number of aliphatic hydroxyl groups excluding tert-OH is 1. The summed E-state index contributed by atoms with van der Waals surface area (Å²) in [4.78, 5) is 3.87. The number of anilines is 1. The predicted octanol–water partition coefficient (Wildman–Crippen LogP) is 1.90. The molecule has 0 aromatic carbocycles. The van der Waals surface area contributed by atoms with Crippen LogP contribution in [0.2, 0.25) is 5.02 Å². The first-order chi connectivity index (χ1) is 13.7. The van der Waals surface area contributed by atoms with Gasteiger partial charge in [-0.1, -0.05) is 25.4 Å². The van der Waals surface area contributed by atoms with Gasteiger partial charge in [0.1, 0.15) is 11.6 Å². The third-order valence-corrected chi connectivity index (χ3v) is 7.75. The van der Waals surface area contributed by atoms with Crippen molar-refractivity contribution in [3.63, 3.8) is 0 Å². The summed E-state index contributed by atoms with van der Waals surface area (Å²) in [6.07, 6.45) is 4.19. The van der Waals surface area contributed by atoms with Gasteiger partial charge in [-0.15, -0.1) is 5.10 Å². The Labute approximate surface area is 175 Å². The standard InChI is InChI=1S/C10H10ClN5.C8H15NO3S/c1-5(2)9-6(3-12)8(11)7-4-14-10(13)15-16(7)9;10-7-2-1-5-9(6-7)13(11,12)8-3-4-8/h4-5H,1-2H3,(H2,13,15);7-8,10H,1-6H2. The lowest BCUT2D eigenvalue weighted by Crippen LogP contribution is -2.43. The highest BCUT2D eigenvalue weighted by molar-refractivity contribution is 7.90. The van der Waals surface area contributed by atoms with E-state index in [1.54, 1.807) is 4.52 Å². The molecule has 1 unspecified atom stereocenters. The Bertz CT molecular complexity index is 1040. The number of halogens is 1. The molecule has 2 fully saturated rings. The molecular weight excluding hydrogens is 416 g/mol. The number of aliphatic hydroxyl groups is 1. The Hall–Kier alpha value is -1.93. The van der Waals surface area contributed by atoms with Crippen molar-refractivity contribution in [1.29, 1.82) is 5.26 Å². The van der Waals surface area contributed by atoms with Crippen molar-refractivity contribution >= 4 is 33.1 Å². The van der Waals surface area contributed by atoms with E-state index in [0.29, 0.717) is 29.2 Å². The molecule has 3 N–H and O–H groups in total. The Morgan fingerprint density at radius 3 is 2.62 bits per heavy atom. The third-order valence-electron chi connectivity index (χ3n) is 5.00. The van der Waals surface area contributed by atoms with Crippen LogP contribution in [0.1, 0.15) is 56.7 Å². The minimum absolute atomic E-state index is 0.129. The van der Waals surface area contributed by atoms with Gasteiger partial charge in [0.15, 0.2) is 0 Å². The molecule has 9 nitrogen and oxygen atoms in total. The number of nitrogen functional groups attached to an aromatic ring is 1. The normalized spacial score (nSPS) is 20.3. The molecule has 2 aromatic heterocycles. The number of fused-ring (bicyclic) bond motifs is 1. The van der Waals surface area contributed by atoms with Crippen LogP contribution in [0.5, 0.6) is 0 Å². The summed E-state index contributed by atoms with van der Waals surface area (Å²) in [7, 11) is -3.05. The minimum Gasteiger partial charge on any atom is -0.392 e. The second-order valence-electron chi connectivity index (χ2n) is 7.65. The predicted molar refractivity (Wildman–Crippen MR) is 110 cm³/mol. The van der Waals surface area contributed by atoms with E-state index in [4.69, 9.17) is 22.6 Å². The number of rotatable bonds is 3. The summed E-state index contributed by atoms with van der Waals surface area (Å²) in [5.41, 5.74) is 7.33. The minimum atomic E-state index is -3.05. The van der Waals surface area contributed by atoms with Crippen molar-refractivity contribution in [1.82, 2.24) is 18.9 Å². The van der Waals surface area contributed by atoms with Gasteiger partial charge in [0.05, 0.1) is 33.8 Å². The number of nitrogens with two attached hydrogens (primary N) is 1. The molecule has 11 heteroatoms. The number of hydrogen-bond donors (Lipinski definition) is 2. The van der Waals surface area contributed by atoms with Crippen LogP contribution in [0.4, 0.5) is 5.95 Å². The van der Waals surface area contributed by atoms with E-state index in [2.05, 4.69) is 16.2 Å². The van der Waals surface area contributed by atoms with E-state index in [1.165, 1.54) is 10.5 Å². The molecule has 2 aliphatic rings. The Morgan fingerprint density at radius 1 is 1.38 bits per heavy atom. The topological polar surface area (TPSA) is 138 Å². The highest BCUT2D eigenvalue weighted by Gasteiger charge is 2.41. The van der Waals surface area contributed by atoms with Crippen molar-refractivity contribution < 1.29 is 13.5 Å². The van der Waals surface area contributed by atoms with Gasteiger partial charge in [0, 0.05) is 13.1 Å². The van der Waals surface area contributed by atoms with Crippen LogP contribution in [-0.4, -0.2) is 56.9 Å². The Kier molecular flexibility index (Phi) is 6.33. The van der Waals surface area contributed by atoms with Crippen LogP contribution < -0.4 is 5.73 Å². The van der Waals surface area contributed by atoms with Crippen LogP contribution in [0, 0.1) is 11.3 Å². The molecule has 0 radical (unpaired) electrons. The summed E-state index contributed by atoms with van der Waals surface area (Å²) in [6.45, 7) is 4.84. The molecule has 0 bridgehead atoms. The molecular formula is C18H25ClN6O3S. The molecule has 1 atom stereocenters. The molecule has 0 spiro atoms. The number of nitrogens with zero attached hydrogens (tertiary/aromatic N) is 5. The monoisotopic (exact) mass is 440 g/mol. The van der Waals surface area contributed by atoms with Crippen LogP contribution in [0.15, 0.2) is 6.20 Å². The Balaban J connectivity index is 0.000000169. The molecule has 2 aromatic rings. The average Bonchev–Trinajstić information content (AvgIpc) is 3.48. The first-order valence-electron chi connectivity index (χ1n) is 9.56. The van der Waals surface area contributed by atoms with Gasteiger partial charge in [-0.3, -0.25) is 0 Å². The van der Waals surface area contributed by atoms with Gasteiger partial charge >= 0.3 is 0 Å². The maximum atomic E-state index is 11.7. The van der Waals surface area contributed by atoms with Crippen LogP contribution in [0.25, 0.3) is 5.52 Å². The average molecular weight is 441 g/mol. The zero-order valence-electron chi connectivity index (χ0n) is 16.4. The number of sulfonamides is 1. The third kappa shape index (κ3) is 4.48. The van der Waals surface area contributed by atoms with Gasteiger partial charge in [0.25, 0.3) is 0 Å². The Morgan fingerprint density at radius 2 is 2.07 bits per heavy atom. The fraction of sp³-hybridized carbons (Fsp3) is 0.611. The molecule has 1 aliphatic heterocycles. The van der Waals surface area contributed by atoms with Gasteiger partial charge in [-0.2, -0.15) is 9.57 Å². The lowest BCUT2D eigenvalue weighted by atomic mass is 10.1. The summed E-state index contributed by atoms with van der Waals surface area (Å²) >= 11 is 6.09. The molecule has 1 saturated heterocycles. The number of nitriles is 1. The zero-order chi connectivity index (χ0) is 21.3. The van der Waals surface area contributed by atoms with E-state index in [-0.39, 0.29) is 17.1 Å². The van der Waals surface area contributed by atoms with E-state index in [9.17, 15) is 13.5 Å². The maximum absolute atomic E-state index is 11.7. The fourth-order valence-corrected chi connectivity index (χ4v) is 5.60. The molecule has 4 rings (SSSR count). The van der Waals surface area contributed by atoms with Crippen LogP contribution in [-0.2, 0) is 10.0 Å². The second kappa shape index (κ2) is 8.44. The van der Waals surface area contributed by atoms with Crippen molar-refractivity contribution in [2.24, 2.45) is 0 Å². The first-order valence-corrected chi connectivity index (χ1v) is 11.4. The maximum Gasteiger partial charge on any atom is 0.238 e. The number of piperidine rings is 1. The SMILES string of the molecule is CC(C)c1c(C#N)c(Cl)c2cnc(N)nn12.O=S(=O)(C1CC1)N1CCCC(O)C1. The summed E-state index contributed by atoms with van der Waals surface area (Å²) in [6, 6.07) is 2.09. The summed E-state index contributed by atoms with van der Waals surface area (Å²) in [5, 5.41) is 22.7. The zero-order valence-corrected chi connectivity index (χ0v) is 18.0. The van der Waals surface area contributed by atoms with Crippen LogP contribution >= 0.6 is 11.6 Å². The molecule has 1 saturated carbocycles. The highest BCUT2D eigenvalue weighted by atomic mass is 35.5. The lowest BCUT2D eigenvalue weighted by molar-refractivity contribution is 0.108. The van der Waals surface area contributed by atoms with Gasteiger partial charge in [-0.25, -0.2) is 17.9 Å². The molecule has 3 heterocycles. The van der Waals surface area contributed by atoms with Gasteiger partial charge < -0.3 is 10.8 Å². The van der Waals surface area contributed by atoms with Crippen molar-refractivity contribution in [3.05, 3.63) is 22.5 Å². The molecule has 0 amide bonds. The van der Waals surface area contributed by atoms with Crippen molar-refractivity contribution in [2.45, 2.75) is 56.8 Å². The summed E-state index contributed by atoms with van der Waals surface area (Å²) in [5.74, 6) is 0.287. The molecule has 158 valence electrons. The van der Waals surface area contributed by atoms with E-state index in [1.807, 2.05) is 13.8 Å². The van der Waals surface area contributed by atoms with E-state index in [0.717, 1.165) is 31.4 Å². The number of β-amino-alcohol motifs (C(OH)–C–C–N with tert-alkyl or cyclic N) is 1. The second-order valence-corrected chi connectivity index (χ2v) is 10.2.